The van der Waals surface area contributed by atoms with Gasteiger partial charge in [-0.05, 0) is 32.1 Å². The largest absolute Gasteiger partial charge is 0.364 e. The maximum atomic E-state index is 5.10. The summed E-state index contributed by atoms with van der Waals surface area (Å²) in [6, 6.07) is 0.316. The first-order valence-corrected chi connectivity index (χ1v) is 7.94. The molecule has 0 amide bonds. The molecule has 1 atom stereocenters. The molecule has 0 spiro atoms. The first kappa shape index (κ1) is 16.7. The van der Waals surface area contributed by atoms with Gasteiger partial charge in [-0.2, -0.15) is 5.10 Å². The molecule has 0 fully saturated rings. The van der Waals surface area contributed by atoms with Crippen LogP contribution in [0.3, 0.4) is 0 Å². The van der Waals surface area contributed by atoms with Crippen molar-refractivity contribution in [1.29, 1.82) is 0 Å². The van der Waals surface area contributed by atoms with Crippen molar-refractivity contribution in [1.82, 2.24) is 19.9 Å². The molecule has 22 heavy (non-hydrogen) atoms. The molecule has 0 aromatic carbocycles. The van der Waals surface area contributed by atoms with Crippen molar-refractivity contribution in [2.75, 3.05) is 0 Å². The van der Waals surface area contributed by atoms with Crippen molar-refractivity contribution < 1.29 is 4.52 Å². The van der Waals surface area contributed by atoms with Crippen LogP contribution in [0.2, 0.25) is 0 Å². The Hall–Kier alpha value is -1.65. The van der Waals surface area contributed by atoms with Gasteiger partial charge in [0.2, 0.25) is 0 Å². The van der Waals surface area contributed by atoms with Crippen LogP contribution in [0.1, 0.15) is 77.5 Å². The van der Waals surface area contributed by atoms with Crippen LogP contribution in [-0.2, 0) is 10.8 Å². The van der Waals surface area contributed by atoms with E-state index in [2.05, 4.69) is 61.5 Å². The highest BCUT2D eigenvalue weighted by Crippen LogP contribution is 2.33. The number of aromatic nitrogens is 4. The van der Waals surface area contributed by atoms with Gasteiger partial charge in [-0.3, -0.25) is 0 Å². The highest BCUT2D eigenvalue weighted by molar-refractivity contribution is 5.22. The number of hydrogen-bond acceptors (Lipinski definition) is 4. The molecular weight excluding hydrogens is 276 g/mol. The molecule has 0 N–H and O–H groups in total. The summed E-state index contributed by atoms with van der Waals surface area (Å²) >= 11 is 0. The number of hydrogen-bond donors (Lipinski definition) is 0. The minimum atomic E-state index is 0.00530. The molecule has 5 nitrogen and oxygen atoms in total. The zero-order valence-electron chi connectivity index (χ0n) is 14.8. The summed E-state index contributed by atoms with van der Waals surface area (Å²) in [6.07, 6.45) is 5.51. The van der Waals surface area contributed by atoms with Crippen LogP contribution in [0.5, 0.6) is 0 Å². The summed E-state index contributed by atoms with van der Waals surface area (Å²) in [5.41, 5.74) is 2.22. The first-order chi connectivity index (χ1) is 10.1. The molecule has 0 aliphatic rings. The van der Waals surface area contributed by atoms with Crippen LogP contribution in [0.25, 0.3) is 0 Å². The molecule has 5 heteroatoms. The number of nitrogens with zero attached hydrogens (tertiary/aromatic N) is 4. The van der Waals surface area contributed by atoms with Crippen molar-refractivity contribution >= 4 is 0 Å². The van der Waals surface area contributed by atoms with E-state index in [9.17, 15) is 0 Å². The standard InChI is InChI=1S/C17H28N4O/c1-12(21-15(16(3,4)5)18-11-19-21)8-9-17(6,7)14-10-22-20-13(14)2/h10-12H,8-9H2,1-7H3. The minimum absolute atomic E-state index is 0.00530. The fourth-order valence-corrected chi connectivity index (χ4v) is 2.88. The highest BCUT2D eigenvalue weighted by atomic mass is 16.5. The Kier molecular flexibility index (Phi) is 4.45. The summed E-state index contributed by atoms with van der Waals surface area (Å²) in [5, 5.41) is 8.44. The zero-order valence-corrected chi connectivity index (χ0v) is 14.8. The molecule has 2 heterocycles. The molecule has 1 unspecified atom stereocenters. The Bertz CT molecular complexity index is 619. The second kappa shape index (κ2) is 5.86. The van der Waals surface area contributed by atoms with Crippen LogP contribution in [0.15, 0.2) is 17.1 Å². The topological polar surface area (TPSA) is 56.7 Å². The van der Waals surface area contributed by atoms with Gasteiger partial charge in [-0.25, -0.2) is 9.67 Å². The lowest BCUT2D eigenvalue weighted by atomic mass is 9.80. The third-order valence-corrected chi connectivity index (χ3v) is 4.33. The number of rotatable bonds is 5. The van der Waals surface area contributed by atoms with Gasteiger partial charge >= 0.3 is 0 Å². The van der Waals surface area contributed by atoms with Crippen molar-refractivity contribution in [2.24, 2.45) is 0 Å². The lowest BCUT2D eigenvalue weighted by Gasteiger charge is -2.27. The average molecular weight is 304 g/mol. The maximum Gasteiger partial charge on any atom is 0.138 e. The van der Waals surface area contributed by atoms with Gasteiger partial charge in [0.1, 0.15) is 18.4 Å². The predicted octanol–water partition coefficient (Wildman–Crippen LogP) is 4.19. The van der Waals surface area contributed by atoms with Crippen molar-refractivity contribution in [3.63, 3.8) is 0 Å². The van der Waals surface area contributed by atoms with Gasteiger partial charge in [0.05, 0.1) is 11.7 Å². The number of aryl methyl sites for hydroxylation is 1. The maximum absolute atomic E-state index is 5.10. The van der Waals surface area contributed by atoms with E-state index in [1.54, 1.807) is 12.6 Å². The Labute approximate surface area is 133 Å². The van der Waals surface area contributed by atoms with Crippen LogP contribution < -0.4 is 0 Å². The van der Waals surface area contributed by atoms with E-state index in [4.69, 9.17) is 4.52 Å². The second-order valence-corrected chi connectivity index (χ2v) is 7.86. The smallest absolute Gasteiger partial charge is 0.138 e. The third kappa shape index (κ3) is 3.39. The van der Waals surface area contributed by atoms with E-state index in [1.807, 2.05) is 6.92 Å². The Balaban J connectivity index is 2.09. The summed E-state index contributed by atoms with van der Waals surface area (Å²) < 4.78 is 7.16. The lowest BCUT2D eigenvalue weighted by molar-refractivity contribution is 0.350. The van der Waals surface area contributed by atoms with Gasteiger partial charge < -0.3 is 4.52 Å². The van der Waals surface area contributed by atoms with E-state index in [-0.39, 0.29) is 10.8 Å². The summed E-state index contributed by atoms with van der Waals surface area (Å²) in [6.45, 7) is 15.2. The van der Waals surface area contributed by atoms with Crippen LogP contribution in [-0.4, -0.2) is 19.9 Å². The zero-order chi connectivity index (χ0) is 16.5. The van der Waals surface area contributed by atoms with E-state index in [0.29, 0.717) is 6.04 Å². The van der Waals surface area contributed by atoms with E-state index in [0.717, 1.165) is 24.4 Å². The monoisotopic (exact) mass is 304 g/mol. The van der Waals surface area contributed by atoms with Crippen LogP contribution >= 0.6 is 0 Å². The van der Waals surface area contributed by atoms with Gasteiger partial charge in [0.25, 0.3) is 0 Å². The molecule has 0 aliphatic heterocycles. The molecule has 122 valence electrons. The molecule has 0 bridgehead atoms. The molecule has 2 rings (SSSR count). The van der Waals surface area contributed by atoms with Gasteiger partial charge in [0, 0.05) is 11.0 Å². The summed E-state index contributed by atoms with van der Waals surface area (Å²) in [5.74, 6) is 1.04. The second-order valence-electron chi connectivity index (χ2n) is 7.86. The Morgan fingerprint density at radius 2 is 1.91 bits per heavy atom. The minimum Gasteiger partial charge on any atom is -0.364 e. The highest BCUT2D eigenvalue weighted by Gasteiger charge is 2.28. The van der Waals surface area contributed by atoms with Crippen LogP contribution in [0, 0.1) is 6.92 Å². The fraction of sp³-hybridized carbons (Fsp3) is 0.706. The van der Waals surface area contributed by atoms with Crippen LogP contribution in [0.4, 0.5) is 0 Å². The molecule has 0 aliphatic carbocycles. The lowest BCUT2D eigenvalue weighted by Crippen LogP contribution is -2.24. The van der Waals surface area contributed by atoms with Crippen molar-refractivity contribution in [3.8, 4) is 0 Å². The third-order valence-electron chi connectivity index (χ3n) is 4.33. The average Bonchev–Trinajstić information content (AvgIpc) is 3.03. The molecule has 2 aromatic heterocycles. The summed E-state index contributed by atoms with van der Waals surface area (Å²) in [4.78, 5) is 4.44. The van der Waals surface area contributed by atoms with E-state index in [1.165, 1.54) is 5.56 Å². The van der Waals surface area contributed by atoms with Gasteiger partial charge in [0.15, 0.2) is 0 Å². The Morgan fingerprint density at radius 1 is 1.23 bits per heavy atom. The Morgan fingerprint density at radius 3 is 2.45 bits per heavy atom. The first-order valence-electron chi connectivity index (χ1n) is 7.94. The quantitative estimate of drug-likeness (QED) is 0.831. The molecule has 2 aromatic rings. The van der Waals surface area contributed by atoms with Crippen molar-refractivity contribution in [2.45, 2.75) is 78.2 Å². The predicted molar refractivity (Wildman–Crippen MR) is 86.9 cm³/mol. The molecule has 0 saturated carbocycles. The molecule has 0 radical (unpaired) electrons. The summed E-state index contributed by atoms with van der Waals surface area (Å²) in [7, 11) is 0. The molecule has 0 saturated heterocycles. The van der Waals surface area contributed by atoms with E-state index >= 15 is 0 Å². The van der Waals surface area contributed by atoms with E-state index < -0.39 is 0 Å². The normalized spacial score (nSPS) is 14.3. The van der Waals surface area contributed by atoms with Gasteiger partial charge in [-0.15, -0.1) is 0 Å². The van der Waals surface area contributed by atoms with Gasteiger partial charge in [-0.1, -0.05) is 39.8 Å². The fourth-order valence-electron chi connectivity index (χ4n) is 2.88. The molecular formula is C17H28N4O. The SMILES string of the molecule is Cc1nocc1C(C)(C)CCC(C)n1ncnc1C(C)(C)C. The van der Waals surface area contributed by atoms with Crippen molar-refractivity contribution in [3.05, 3.63) is 29.7 Å².